The highest BCUT2D eigenvalue weighted by Gasteiger charge is 2.10. The van der Waals surface area contributed by atoms with Crippen LogP contribution in [-0.2, 0) is 12.8 Å². The van der Waals surface area contributed by atoms with Crippen molar-refractivity contribution in [3.63, 3.8) is 0 Å². The van der Waals surface area contributed by atoms with E-state index in [0.29, 0.717) is 12.2 Å². The molecule has 0 saturated carbocycles. The summed E-state index contributed by atoms with van der Waals surface area (Å²) in [6.45, 7) is 2.76. The quantitative estimate of drug-likeness (QED) is 0.657. The van der Waals surface area contributed by atoms with Gasteiger partial charge in [0.2, 0.25) is 0 Å². The Kier molecular flexibility index (Phi) is 5.35. The maximum absolute atomic E-state index is 12.0. The van der Waals surface area contributed by atoms with E-state index < -0.39 is 0 Å². The molecule has 1 N–H and O–H groups in total. The molecule has 6 heteroatoms. The highest BCUT2D eigenvalue weighted by Crippen LogP contribution is 2.22. The molecule has 3 aromatic rings. The van der Waals surface area contributed by atoms with E-state index in [2.05, 4.69) is 28.3 Å². The van der Waals surface area contributed by atoms with Gasteiger partial charge in [0, 0.05) is 18.3 Å². The molecule has 2 aromatic heterocycles. The fraction of sp³-hybridized carbons (Fsp3) is 0.353. The zero-order chi connectivity index (χ0) is 16.1. The average molecular weight is 345 g/mol. The van der Waals surface area contributed by atoms with Crippen LogP contribution in [0.3, 0.4) is 0 Å². The van der Waals surface area contributed by atoms with Gasteiger partial charge in [-0.25, -0.2) is 9.97 Å². The first-order valence-corrected chi connectivity index (χ1v) is 9.53. The lowest BCUT2D eigenvalue weighted by Gasteiger charge is -2.01. The second kappa shape index (κ2) is 7.66. The number of carbonyl (C=O) groups is 1. The van der Waals surface area contributed by atoms with Crippen LogP contribution in [0.25, 0.3) is 10.2 Å². The summed E-state index contributed by atoms with van der Waals surface area (Å²) >= 11 is 3.29. The molecule has 4 nitrogen and oxygen atoms in total. The third kappa shape index (κ3) is 4.14. The summed E-state index contributed by atoms with van der Waals surface area (Å²) in [5, 5.41) is 6.94. The van der Waals surface area contributed by atoms with Gasteiger partial charge < -0.3 is 5.32 Å². The monoisotopic (exact) mass is 345 g/mol. The third-order valence-electron chi connectivity index (χ3n) is 3.44. The van der Waals surface area contributed by atoms with Crippen molar-refractivity contribution >= 4 is 38.8 Å². The third-order valence-corrected chi connectivity index (χ3v) is 5.44. The predicted molar refractivity (Wildman–Crippen MR) is 96.4 cm³/mol. The van der Waals surface area contributed by atoms with Crippen LogP contribution in [0.4, 0.5) is 0 Å². The fourth-order valence-corrected chi connectivity index (χ4v) is 4.19. The van der Waals surface area contributed by atoms with Crippen molar-refractivity contribution in [3.05, 3.63) is 45.4 Å². The van der Waals surface area contributed by atoms with Gasteiger partial charge in [0.1, 0.15) is 5.69 Å². The highest BCUT2D eigenvalue weighted by molar-refractivity contribution is 7.18. The van der Waals surface area contributed by atoms with Crippen molar-refractivity contribution in [3.8, 4) is 0 Å². The summed E-state index contributed by atoms with van der Waals surface area (Å²) in [5.74, 6) is -0.0760. The van der Waals surface area contributed by atoms with Crippen molar-refractivity contribution in [2.24, 2.45) is 0 Å². The molecule has 2 heterocycles. The molecule has 0 saturated heterocycles. The Labute approximate surface area is 143 Å². The smallest absolute Gasteiger partial charge is 0.270 e. The van der Waals surface area contributed by atoms with Gasteiger partial charge in [-0.15, -0.1) is 22.7 Å². The first-order chi connectivity index (χ1) is 11.3. The Morgan fingerprint density at radius 2 is 2.04 bits per heavy atom. The standard InChI is InChI=1S/C17H19N3OS2/c1-2-6-15-20-13(11-22-15)17(21)18-10-5-9-16-19-12-7-3-4-8-14(12)23-16/h3-4,7-8,11H,2,5-6,9-10H2,1H3,(H,18,21). The second-order valence-electron chi connectivity index (χ2n) is 5.31. The molecule has 0 aliphatic carbocycles. The minimum atomic E-state index is -0.0760. The number of rotatable bonds is 7. The number of fused-ring (bicyclic) bond motifs is 1. The lowest BCUT2D eigenvalue weighted by molar-refractivity contribution is 0.0948. The van der Waals surface area contributed by atoms with Gasteiger partial charge in [-0.1, -0.05) is 19.1 Å². The van der Waals surface area contributed by atoms with Crippen LogP contribution in [0.1, 0.15) is 40.3 Å². The molecule has 1 amide bonds. The molecular weight excluding hydrogens is 326 g/mol. The zero-order valence-corrected chi connectivity index (χ0v) is 14.7. The largest absolute Gasteiger partial charge is 0.351 e. The maximum Gasteiger partial charge on any atom is 0.270 e. The van der Waals surface area contributed by atoms with Crippen LogP contribution in [0.15, 0.2) is 29.6 Å². The molecule has 0 radical (unpaired) electrons. The van der Waals surface area contributed by atoms with Crippen molar-refractivity contribution in [1.82, 2.24) is 15.3 Å². The number of amides is 1. The Morgan fingerprint density at radius 1 is 1.17 bits per heavy atom. The SMILES string of the molecule is CCCc1nc(C(=O)NCCCc2nc3ccccc3s2)cs1. The fourth-order valence-electron chi connectivity index (χ4n) is 2.30. The van der Waals surface area contributed by atoms with Crippen LogP contribution < -0.4 is 5.32 Å². The van der Waals surface area contributed by atoms with E-state index >= 15 is 0 Å². The number of hydrogen-bond donors (Lipinski definition) is 1. The van der Waals surface area contributed by atoms with Gasteiger partial charge in [-0.2, -0.15) is 0 Å². The molecule has 0 bridgehead atoms. The van der Waals surface area contributed by atoms with Crippen molar-refractivity contribution in [1.29, 1.82) is 0 Å². The Hall–Kier alpha value is -1.79. The van der Waals surface area contributed by atoms with E-state index in [9.17, 15) is 4.79 Å². The molecular formula is C17H19N3OS2. The number of para-hydroxylation sites is 1. The van der Waals surface area contributed by atoms with Crippen LogP contribution in [0.2, 0.25) is 0 Å². The summed E-state index contributed by atoms with van der Waals surface area (Å²) in [7, 11) is 0. The number of nitrogens with one attached hydrogen (secondary N) is 1. The minimum Gasteiger partial charge on any atom is -0.351 e. The first kappa shape index (κ1) is 16.1. The summed E-state index contributed by atoms with van der Waals surface area (Å²) in [6.07, 6.45) is 3.77. The summed E-state index contributed by atoms with van der Waals surface area (Å²) < 4.78 is 1.22. The van der Waals surface area contributed by atoms with E-state index in [1.807, 2.05) is 23.6 Å². The van der Waals surface area contributed by atoms with Crippen molar-refractivity contribution in [2.75, 3.05) is 6.54 Å². The van der Waals surface area contributed by atoms with Gasteiger partial charge >= 0.3 is 0 Å². The average Bonchev–Trinajstić information content (AvgIpc) is 3.18. The number of nitrogens with zero attached hydrogens (tertiary/aromatic N) is 2. The number of aromatic nitrogens is 2. The molecule has 0 fully saturated rings. The number of hydrogen-bond acceptors (Lipinski definition) is 5. The van der Waals surface area contributed by atoms with Crippen LogP contribution >= 0.6 is 22.7 Å². The topological polar surface area (TPSA) is 54.9 Å². The lowest BCUT2D eigenvalue weighted by Crippen LogP contribution is -2.25. The van der Waals surface area contributed by atoms with E-state index in [0.717, 1.165) is 41.2 Å². The Balaban J connectivity index is 1.46. The molecule has 1 aromatic carbocycles. The normalized spacial score (nSPS) is 11.0. The number of thiazole rings is 2. The zero-order valence-electron chi connectivity index (χ0n) is 13.0. The maximum atomic E-state index is 12.0. The molecule has 3 rings (SSSR count). The Morgan fingerprint density at radius 3 is 2.87 bits per heavy atom. The summed E-state index contributed by atoms with van der Waals surface area (Å²) in [4.78, 5) is 21.0. The van der Waals surface area contributed by atoms with E-state index in [1.54, 1.807) is 22.7 Å². The molecule has 23 heavy (non-hydrogen) atoms. The first-order valence-electron chi connectivity index (χ1n) is 7.83. The lowest BCUT2D eigenvalue weighted by atomic mass is 10.3. The van der Waals surface area contributed by atoms with Gasteiger partial charge in [0.05, 0.1) is 20.2 Å². The van der Waals surface area contributed by atoms with Gasteiger partial charge in [0.25, 0.3) is 5.91 Å². The number of aryl methyl sites for hydroxylation is 2. The molecule has 0 aliphatic heterocycles. The number of benzene rings is 1. The summed E-state index contributed by atoms with van der Waals surface area (Å²) in [5.41, 5.74) is 1.60. The van der Waals surface area contributed by atoms with Gasteiger partial charge in [-0.05, 0) is 31.4 Å². The minimum absolute atomic E-state index is 0.0760. The molecule has 0 spiro atoms. The molecule has 0 aliphatic rings. The summed E-state index contributed by atoms with van der Waals surface area (Å²) in [6, 6.07) is 8.17. The van der Waals surface area contributed by atoms with E-state index in [-0.39, 0.29) is 5.91 Å². The van der Waals surface area contributed by atoms with Gasteiger partial charge in [-0.3, -0.25) is 4.79 Å². The van der Waals surface area contributed by atoms with E-state index in [1.165, 1.54) is 4.70 Å². The predicted octanol–water partition coefficient (Wildman–Crippen LogP) is 4.07. The van der Waals surface area contributed by atoms with Gasteiger partial charge in [0.15, 0.2) is 0 Å². The molecule has 0 atom stereocenters. The van der Waals surface area contributed by atoms with Crippen LogP contribution in [-0.4, -0.2) is 22.4 Å². The van der Waals surface area contributed by atoms with Crippen molar-refractivity contribution in [2.45, 2.75) is 32.6 Å². The second-order valence-corrected chi connectivity index (χ2v) is 7.37. The van der Waals surface area contributed by atoms with E-state index in [4.69, 9.17) is 0 Å². The molecule has 120 valence electrons. The van der Waals surface area contributed by atoms with Crippen LogP contribution in [0, 0.1) is 0 Å². The Bertz CT molecular complexity index is 761. The molecule has 0 unspecified atom stereocenters. The highest BCUT2D eigenvalue weighted by atomic mass is 32.1. The van der Waals surface area contributed by atoms with Crippen molar-refractivity contribution < 1.29 is 4.79 Å². The van der Waals surface area contributed by atoms with Crippen LogP contribution in [0.5, 0.6) is 0 Å². The number of carbonyl (C=O) groups excluding carboxylic acids is 1.